The molecule has 0 amide bonds. The lowest BCUT2D eigenvalue weighted by Crippen LogP contribution is -1.98. The number of nitrogens with zero attached hydrogens (tertiary/aromatic N) is 3. The van der Waals surface area contributed by atoms with E-state index in [4.69, 9.17) is 10.00 Å². The Balaban J connectivity index is 2.22. The van der Waals surface area contributed by atoms with Crippen molar-refractivity contribution in [2.75, 3.05) is 6.61 Å². The highest BCUT2D eigenvalue weighted by Crippen LogP contribution is 2.26. The van der Waals surface area contributed by atoms with Crippen molar-refractivity contribution >= 4 is 23.8 Å². The number of aromatic amines is 1. The zero-order valence-electron chi connectivity index (χ0n) is 11.6. The van der Waals surface area contributed by atoms with Gasteiger partial charge in [-0.1, -0.05) is 12.1 Å². The quantitative estimate of drug-likeness (QED) is 0.620. The zero-order chi connectivity index (χ0) is 15.9. The monoisotopic (exact) mass is 316 g/mol. The van der Waals surface area contributed by atoms with E-state index in [1.54, 1.807) is 31.2 Å². The summed E-state index contributed by atoms with van der Waals surface area (Å²) in [7, 11) is 0. The van der Waals surface area contributed by atoms with Crippen LogP contribution in [0.25, 0.3) is 6.08 Å². The Hall–Kier alpha value is -2.79. The topological polar surface area (TPSA) is 112 Å². The van der Waals surface area contributed by atoms with Gasteiger partial charge in [-0.05, 0) is 42.5 Å². The van der Waals surface area contributed by atoms with E-state index in [9.17, 15) is 9.90 Å². The third kappa shape index (κ3) is 4.36. The fourth-order valence-corrected chi connectivity index (χ4v) is 2.32. The zero-order valence-corrected chi connectivity index (χ0v) is 12.4. The van der Waals surface area contributed by atoms with Crippen LogP contribution >= 0.6 is 11.8 Å². The van der Waals surface area contributed by atoms with Crippen LogP contribution in [0.1, 0.15) is 11.4 Å². The molecule has 0 aliphatic rings. The molecule has 0 aliphatic heterocycles. The van der Waals surface area contributed by atoms with Gasteiger partial charge in [0.05, 0.1) is 0 Å². The Kier molecular flexibility index (Phi) is 5.16. The Morgan fingerprint density at radius 1 is 1.59 bits per heavy atom. The summed E-state index contributed by atoms with van der Waals surface area (Å²) in [6, 6.07) is 8.69. The van der Waals surface area contributed by atoms with Gasteiger partial charge in [0, 0.05) is 0 Å². The van der Waals surface area contributed by atoms with Crippen molar-refractivity contribution in [1.29, 1.82) is 5.26 Å². The van der Waals surface area contributed by atoms with E-state index in [-0.39, 0.29) is 11.5 Å². The van der Waals surface area contributed by atoms with Gasteiger partial charge in [-0.2, -0.15) is 5.26 Å². The van der Waals surface area contributed by atoms with Crippen LogP contribution in [-0.2, 0) is 4.79 Å². The molecule has 0 radical (unpaired) electrons. The van der Waals surface area contributed by atoms with Gasteiger partial charge in [-0.25, -0.2) is 9.78 Å². The molecule has 22 heavy (non-hydrogen) atoms. The van der Waals surface area contributed by atoms with Gasteiger partial charge in [0.2, 0.25) is 5.16 Å². The van der Waals surface area contributed by atoms with Crippen molar-refractivity contribution in [2.24, 2.45) is 0 Å². The first kappa shape index (κ1) is 15.6. The van der Waals surface area contributed by atoms with Crippen LogP contribution < -0.4 is 4.74 Å². The molecule has 0 fully saturated rings. The van der Waals surface area contributed by atoms with Crippen LogP contribution in [0, 0.1) is 18.3 Å². The summed E-state index contributed by atoms with van der Waals surface area (Å²) < 4.78 is 5.19. The number of carboxylic acid groups (broad SMARTS) is 1. The number of benzene rings is 1. The molecule has 0 saturated carbocycles. The standard InChI is InChI=1S/C14H12N4O3S/c1-9-16-14(18-17-9)22-12(13(19)20)8-10-3-2-4-11(7-10)21-6-5-15/h2-4,7-8H,6H2,1H3,(H,19,20)(H,16,17,18). The molecule has 0 aliphatic carbocycles. The average Bonchev–Trinajstić information content (AvgIpc) is 2.90. The fraction of sp³-hybridized carbons (Fsp3) is 0.143. The molecule has 2 rings (SSSR count). The molecule has 1 heterocycles. The molecule has 0 saturated heterocycles. The molecule has 7 nitrogen and oxygen atoms in total. The van der Waals surface area contributed by atoms with E-state index in [1.165, 1.54) is 6.08 Å². The maximum absolute atomic E-state index is 11.3. The van der Waals surface area contributed by atoms with Crippen LogP contribution in [-0.4, -0.2) is 32.9 Å². The van der Waals surface area contributed by atoms with Gasteiger partial charge < -0.3 is 9.84 Å². The van der Waals surface area contributed by atoms with Gasteiger partial charge in [0.15, 0.2) is 6.61 Å². The number of hydrogen-bond donors (Lipinski definition) is 2. The molecule has 1 aromatic carbocycles. The lowest BCUT2D eigenvalue weighted by molar-refractivity contribution is -0.131. The minimum absolute atomic E-state index is 0.0653. The molecule has 2 N–H and O–H groups in total. The first-order valence-corrected chi connectivity index (χ1v) is 7.02. The molecule has 0 unspecified atom stereocenters. The van der Waals surface area contributed by atoms with E-state index in [1.807, 2.05) is 6.07 Å². The van der Waals surface area contributed by atoms with Gasteiger partial charge in [-0.15, -0.1) is 5.10 Å². The van der Waals surface area contributed by atoms with E-state index in [0.29, 0.717) is 22.3 Å². The number of hydrogen-bond acceptors (Lipinski definition) is 6. The van der Waals surface area contributed by atoms with Crippen molar-refractivity contribution in [3.8, 4) is 11.8 Å². The number of rotatable bonds is 6. The number of nitrogens with one attached hydrogen (secondary N) is 1. The maximum Gasteiger partial charge on any atom is 0.342 e. The van der Waals surface area contributed by atoms with Gasteiger partial charge >= 0.3 is 5.97 Å². The Morgan fingerprint density at radius 2 is 2.41 bits per heavy atom. The molecular weight excluding hydrogens is 304 g/mol. The molecule has 0 bridgehead atoms. The number of aromatic nitrogens is 3. The first-order valence-electron chi connectivity index (χ1n) is 6.20. The minimum Gasteiger partial charge on any atom is -0.479 e. The summed E-state index contributed by atoms with van der Waals surface area (Å²) in [5.74, 6) is 0.0358. The summed E-state index contributed by atoms with van der Waals surface area (Å²) in [5, 5.41) is 24.7. The number of aliphatic carboxylic acids is 1. The van der Waals surface area contributed by atoms with Crippen molar-refractivity contribution in [3.05, 3.63) is 40.6 Å². The molecule has 2 aromatic rings. The molecule has 112 valence electrons. The molecular formula is C14H12N4O3S. The summed E-state index contributed by atoms with van der Waals surface area (Å²) in [6.45, 7) is 1.67. The second-order valence-electron chi connectivity index (χ2n) is 4.14. The predicted octanol–water partition coefficient (Wildman–Crippen LogP) is 2.23. The lowest BCUT2D eigenvalue weighted by atomic mass is 10.2. The van der Waals surface area contributed by atoms with E-state index in [2.05, 4.69) is 15.2 Å². The highest BCUT2D eigenvalue weighted by Gasteiger charge is 2.13. The smallest absolute Gasteiger partial charge is 0.342 e. The van der Waals surface area contributed by atoms with Crippen LogP contribution in [0.2, 0.25) is 0 Å². The third-order valence-electron chi connectivity index (χ3n) is 2.45. The first-order chi connectivity index (χ1) is 10.6. The summed E-state index contributed by atoms with van der Waals surface area (Å²) in [5.41, 5.74) is 0.646. The van der Waals surface area contributed by atoms with Crippen molar-refractivity contribution in [1.82, 2.24) is 15.2 Å². The highest BCUT2D eigenvalue weighted by atomic mass is 32.2. The molecule has 8 heteroatoms. The van der Waals surface area contributed by atoms with Crippen LogP contribution in [0.15, 0.2) is 34.3 Å². The SMILES string of the molecule is Cc1nc(SC(=Cc2cccc(OCC#N)c2)C(=O)O)n[nH]1. The Labute approximate surface area is 130 Å². The maximum atomic E-state index is 11.3. The molecule has 0 spiro atoms. The summed E-state index contributed by atoms with van der Waals surface area (Å²) in [4.78, 5) is 15.5. The van der Waals surface area contributed by atoms with Gasteiger partial charge in [-0.3, -0.25) is 5.10 Å². The normalized spacial score (nSPS) is 11.0. The highest BCUT2D eigenvalue weighted by molar-refractivity contribution is 8.04. The largest absolute Gasteiger partial charge is 0.479 e. The minimum atomic E-state index is -1.07. The van der Waals surface area contributed by atoms with Gasteiger partial charge in [0.25, 0.3) is 0 Å². The summed E-state index contributed by atoms with van der Waals surface area (Å²) in [6.07, 6.45) is 1.50. The van der Waals surface area contributed by atoms with Crippen molar-refractivity contribution in [2.45, 2.75) is 12.1 Å². The molecule has 1 aromatic heterocycles. The Morgan fingerprint density at radius 3 is 3.05 bits per heavy atom. The van der Waals surface area contributed by atoms with Crippen LogP contribution in [0.5, 0.6) is 5.75 Å². The number of carbonyl (C=O) groups is 1. The number of aryl methyl sites for hydroxylation is 1. The third-order valence-corrected chi connectivity index (χ3v) is 3.33. The fourth-order valence-electron chi connectivity index (χ4n) is 1.56. The number of H-pyrrole nitrogens is 1. The van der Waals surface area contributed by atoms with Gasteiger partial charge in [0.1, 0.15) is 22.5 Å². The number of ether oxygens (including phenoxy) is 1. The second-order valence-corrected chi connectivity index (χ2v) is 5.15. The van der Waals surface area contributed by atoms with E-state index < -0.39 is 5.97 Å². The van der Waals surface area contributed by atoms with Crippen LogP contribution in [0.3, 0.4) is 0 Å². The average molecular weight is 316 g/mol. The van der Waals surface area contributed by atoms with E-state index >= 15 is 0 Å². The Bertz CT molecular complexity index is 749. The second kappa shape index (κ2) is 7.28. The van der Waals surface area contributed by atoms with Crippen molar-refractivity contribution in [3.63, 3.8) is 0 Å². The lowest BCUT2D eigenvalue weighted by Gasteiger charge is -2.03. The van der Waals surface area contributed by atoms with Crippen LogP contribution in [0.4, 0.5) is 0 Å². The number of carboxylic acids is 1. The molecule has 0 atom stereocenters. The number of thioether (sulfide) groups is 1. The van der Waals surface area contributed by atoms with Crippen molar-refractivity contribution < 1.29 is 14.6 Å². The predicted molar refractivity (Wildman–Crippen MR) is 80.1 cm³/mol. The summed E-state index contributed by atoms with van der Waals surface area (Å²) >= 11 is 0.951. The number of nitriles is 1. The van der Waals surface area contributed by atoms with E-state index in [0.717, 1.165) is 11.8 Å².